The van der Waals surface area contributed by atoms with Crippen LogP contribution in [0.15, 0.2) is 0 Å². The summed E-state index contributed by atoms with van der Waals surface area (Å²) in [6.07, 6.45) is 6.56. The summed E-state index contributed by atoms with van der Waals surface area (Å²) >= 11 is 0. The summed E-state index contributed by atoms with van der Waals surface area (Å²) in [5, 5.41) is 3.32. The van der Waals surface area contributed by atoms with Crippen LogP contribution in [-0.4, -0.2) is 45.3 Å². The maximum Gasteiger partial charge on any atom is 0.317 e. The fourth-order valence-electron chi connectivity index (χ4n) is 3.41. The van der Waals surface area contributed by atoms with Crippen molar-refractivity contribution in [2.24, 2.45) is 5.92 Å². The molecule has 1 aliphatic carbocycles. The van der Waals surface area contributed by atoms with E-state index in [9.17, 15) is 9.00 Å². The number of likely N-dealkylation sites (tertiary alicyclic amines) is 1. The molecule has 1 heterocycles. The summed E-state index contributed by atoms with van der Waals surface area (Å²) in [6.45, 7) is 5.90. The molecular formula is C15H28N2O2S. The molecule has 1 N–H and O–H groups in total. The van der Waals surface area contributed by atoms with Crippen LogP contribution < -0.4 is 5.32 Å². The van der Waals surface area contributed by atoms with E-state index in [0.717, 1.165) is 45.2 Å². The first-order chi connectivity index (χ1) is 9.61. The Hall–Kier alpha value is -0.580. The summed E-state index contributed by atoms with van der Waals surface area (Å²) in [5.41, 5.74) is 0. The average molecular weight is 300 g/mol. The second kappa shape index (κ2) is 7.43. The van der Waals surface area contributed by atoms with Crippen molar-refractivity contribution >= 4 is 16.8 Å². The van der Waals surface area contributed by atoms with Crippen LogP contribution in [0.25, 0.3) is 0 Å². The van der Waals surface area contributed by atoms with Gasteiger partial charge in [0.05, 0.1) is 5.25 Å². The molecule has 2 rings (SSSR count). The van der Waals surface area contributed by atoms with E-state index in [0.29, 0.717) is 11.7 Å². The van der Waals surface area contributed by atoms with Gasteiger partial charge < -0.3 is 10.2 Å². The Balaban J connectivity index is 1.92. The number of urea groups is 1. The van der Waals surface area contributed by atoms with Gasteiger partial charge in [-0.15, -0.1) is 0 Å². The van der Waals surface area contributed by atoms with Gasteiger partial charge in [0, 0.05) is 35.7 Å². The van der Waals surface area contributed by atoms with Crippen molar-refractivity contribution < 1.29 is 9.00 Å². The van der Waals surface area contributed by atoms with Crippen LogP contribution in [0.4, 0.5) is 4.79 Å². The van der Waals surface area contributed by atoms with Gasteiger partial charge in [-0.2, -0.15) is 0 Å². The Kier molecular flexibility index (Phi) is 5.87. The molecule has 0 radical (unpaired) electrons. The summed E-state index contributed by atoms with van der Waals surface area (Å²) < 4.78 is 12.1. The van der Waals surface area contributed by atoms with Crippen LogP contribution in [0.1, 0.15) is 52.4 Å². The highest BCUT2D eigenvalue weighted by Gasteiger charge is 2.32. The molecule has 1 aliphatic heterocycles. The molecule has 2 fully saturated rings. The van der Waals surface area contributed by atoms with Gasteiger partial charge >= 0.3 is 6.03 Å². The van der Waals surface area contributed by atoms with Gasteiger partial charge in [-0.3, -0.25) is 4.21 Å². The molecule has 1 saturated carbocycles. The lowest BCUT2D eigenvalue weighted by atomic mass is 9.95. The molecule has 20 heavy (non-hydrogen) atoms. The first-order valence-electron chi connectivity index (χ1n) is 8.04. The molecule has 0 aromatic rings. The molecule has 0 aromatic heterocycles. The minimum Gasteiger partial charge on any atom is -0.334 e. The molecule has 0 aromatic carbocycles. The van der Waals surface area contributed by atoms with Gasteiger partial charge in [-0.05, 0) is 31.6 Å². The summed E-state index contributed by atoms with van der Waals surface area (Å²) in [4.78, 5) is 14.3. The van der Waals surface area contributed by atoms with Crippen LogP contribution in [0.3, 0.4) is 0 Å². The van der Waals surface area contributed by atoms with E-state index in [1.165, 1.54) is 6.42 Å². The lowest BCUT2D eigenvalue weighted by Crippen LogP contribution is -2.53. The monoisotopic (exact) mass is 300 g/mol. The zero-order chi connectivity index (χ0) is 14.5. The van der Waals surface area contributed by atoms with Crippen LogP contribution in [0, 0.1) is 5.92 Å². The van der Waals surface area contributed by atoms with Crippen molar-refractivity contribution in [1.29, 1.82) is 0 Å². The van der Waals surface area contributed by atoms with E-state index in [1.54, 1.807) is 0 Å². The smallest absolute Gasteiger partial charge is 0.317 e. The normalized spacial score (nSPS) is 32.7. The maximum absolute atomic E-state index is 12.4. The molecule has 0 bridgehead atoms. The van der Waals surface area contributed by atoms with E-state index in [4.69, 9.17) is 0 Å². The van der Waals surface area contributed by atoms with Crippen LogP contribution in [0.5, 0.6) is 0 Å². The van der Waals surface area contributed by atoms with Crippen molar-refractivity contribution in [2.75, 3.05) is 18.8 Å². The molecule has 116 valence electrons. The molecular weight excluding hydrogens is 272 g/mol. The summed E-state index contributed by atoms with van der Waals surface area (Å²) in [5.74, 6) is 1.29. The highest BCUT2D eigenvalue weighted by atomic mass is 32.2. The molecule has 1 saturated heterocycles. The lowest BCUT2D eigenvalue weighted by molar-refractivity contribution is 0.164. The Morgan fingerprint density at radius 2 is 2.00 bits per heavy atom. The fraction of sp³-hybridized carbons (Fsp3) is 0.933. The Morgan fingerprint density at radius 1 is 1.25 bits per heavy atom. The highest BCUT2D eigenvalue weighted by Crippen LogP contribution is 2.24. The average Bonchev–Trinajstić information content (AvgIpc) is 2.47. The zero-order valence-electron chi connectivity index (χ0n) is 12.8. The van der Waals surface area contributed by atoms with E-state index < -0.39 is 10.8 Å². The van der Waals surface area contributed by atoms with Crippen molar-refractivity contribution in [3.05, 3.63) is 0 Å². The summed E-state index contributed by atoms with van der Waals surface area (Å²) in [7, 11) is -0.805. The third kappa shape index (κ3) is 3.96. The van der Waals surface area contributed by atoms with Crippen LogP contribution in [-0.2, 0) is 10.8 Å². The van der Waals surface area contributed by atoms with Gasteiger partial charge in [-0.25, -0.2) is 4.79 Å². The third-order valence-corrected chi connectivity index (χ3v) is 6.39. The topological polar surface area (TPSA) is 49.4 Å². The highest BCUT2D eigenvalue weighted by molar-refractivity contribution is 7.85. The molecule has 0 unspecified atom stereocenters. The first-order valence-corrected chi connectivity index (χ1v) is 9.42. The van der Waals surface area contributed by atoms with Crippen molar-refractivity contribution in [3.63, 3.8) is 0 Å². The van der Waals surface area contributed by atoms with Crippen molar-refractivity contribution in [3.8, 4) is 0 Å². The molecule has 2 aliphatic rings. The molecule has 0 spiro atoms. The Bertz CT molecular complexity index is 362. The second-order valence-corrected chi connectivity index (χ2v) is 8.19. The minimum absolute atomic E-state index is 0.0570. The number of carbonyl (C=O) groups excluding carboxylic acids is 1. The number of piperidine rings is 1. The van der Waals surface area contributed by atoms with Gasteiger partial charge in [0.1, 0.15) is 0 Å². The number of hydrogen-bond donors (Lipinski definition) is 1. The second-order valence-electron chi connectivity index (χ2n) is 6.24. The van der Waals surface area contributed by atoms with Crippen molar-refractivity contribution in [2.45, 2.75) is 63.7 Å². The molecule has 4 nitrogen and oxygen atoms in total. The number of rotatable bonds is 3. The fourth-order valence-corrected chi connectivity index (χ4v) is 4.84. The van der Waals surface area contributed by atoms with Crippen LogP contribution in [0.2, 0.25) is 0 Å². The Morgan fingerprint density at radius 3 is 2.70 bits per heavy atom. The third-order valence-electron chi connectivity index (χ3n) is 4.58. The minimum atomic E-state index is -0.805. The predicted molar refractivity (Wildman–Crippen MR) is 83.2 cm³/mol. The van der Waals surface area contributed by atoms with E-state index >= 15 is 0 Å². The zero-order valence-corrected chi connectivity index (χ0v) is 13.6. The van der Waals surface area contributed by atoms with Crippen LogP contribution >= 0.6 is 0 Å². The van der Waals surface area contributed by atoms with E-state index in [1.807, 2.05) is 11.8 Å². The van der Waals surface area contributed by atoms with E-state index in [-0.39, 0.29) is 17.3 Å². The van der Waals surface area contributed by atoms with Crippen molar-refractivity contribution in [1.82, 2.24) is 10.2 Å². The van der Waals surface area contributed by atoms with Gasteiger partial charge in [0.25, 0.3) is 0 Å². The first kappa shape index (κ1) is 15.8. The van der Waals surface area contributed by atoms with Gasteiger partial charge in [0.2, 0.25) is 0 Å². The largest absolute Gasteiger partial charge is 0.334 e. The summed E-state index contributed by atoms with van der Waals surface area (Å²) in [6, 6.07) is 0.163. The predicted octanol–water partition coefficient (Wildman–Crippen LogP) is 2.51. The lowest BCUT2D eigenvalue weighted by Gasteiger charge is -2.36. The molecule has 4 atom stereocenters. The number of nitrogens with zero attached hydrogens (tertiary/aromatic N) is 1. The quantitative estimate of drug-likeness (QED) is 0.870. The Labute approximate surface area is 125 Å². The standard InChI is InChI=1S/C15H28N2O2S/c1-3-20(19)14-9-5-4-8-13(14)16-15(18)17-10-6-7-12(2)11-17/h12-14H,3-11H2,1-2H3,(H,16,18)/t12-,13-,14-,20+/m1/s1. The maximum atomic E-state index is 12.4. The molecule has 2 amide bonds. The van der Waals surface area contributed by atoms with E-state index in [2.05, 4.69) is 12.2 Å². The number of amides is 2. The molecule has 5 heteroatoms. The number of nitrogens with one attached hydrogen (secondary N) is 1. The number of carbonyl (C=O) groups is 1. The number of hydrogen-bond acceptors (Lipinski definition) is 2. The van der Waals surface area contributed by atoms with Gasteiger partial charge in [0.15, 0.2) is 0 Å². The van der Waals surface area contributed by atoms with Gasteiger partial charge in [-0.1, -0.05) is 26.7 Å². The SMILES string of the molecule is CC[S@](=O)[C@@H]1CCCC[C@H]1NC(=O)N1CCC[C@@H](C)C1.